The maximum Gasteiger partial charge on any atom is 0.264 e. The van der Waals surface area contributed by atoms with Crippen molar-refractivity contribution >= 4 is 39.2 Å². The van der Waals surface area contributed by atoms with Crippen LogP contribution in [0.4, 0.5) is 5.82 Å². The first-order valence-corrected chi connectivity index (χ1v) is 10.2. The number of rotatable bonds is 4. The van der Waals surface area contributed by atoms with Gasteiger partial charge in [-0.3, -0.25) is 14.3 Å². The summed E-state index contributed by atoms with van der Waals surface area (Å²) in [5.41, 5.74) is 2.81. The van der Waals surface area contributed by atoms with Gasteiger partial charge in [0, 0.05) is 17.6 Å². The summed E-state index contributed by atoms with van der Waals surface area (Å²) >= 11 is 6.39. The standard InChI is InChI=1S/C24H18ClN5O/c1-15(29-23-22-19(27-14-28-23)11-6-12-26-22)20-13-16-7-5-10-18(25)21(16)24(31)30(20)17-8-3-2-4-9-17/h2-15H,1H3,(H,27,28,29)/t15-/m0/s1. The number of halogens is 1. The summed E-state index contributed by atoms with van der Waals surface area (Å²) in [4.78, 5) is 26.6. The third-order valence-corrected chi connectivity index (χ3v) is 5.54. The number of fused-ring (bicyclic) bond motifs is 2. The summed E-state index contributed by atoms with van der Waals surface area (Å²) in [5.74, 6) is 0.608. The van der Waals surface area contributed by atoms with E-state index in [0.29, 0.717) is 21.7 Å². The van der Waals surface area contributed by atoms with Gasteiger partial charge in [-0.1, -0.05) is 41.9 Å². The molecule has 1 N–H and O–H groups in total. The molecule has 0 amide bonds. The maximum absolute atomic E-state index is 13.6. The molecule has 0 unspecified atom stereocenters. The summed E-state index contributed by atoms with van der Waals surface area (Å²) in [7, 11) is 0. The second kappa shape index (κ2) is 7.81. The second-order valence-corrected chi connectivity index (χ2v) is 7.62. The van der Waals surface area contributed by atoms with E-state index >= 15 is 0 Å². The smallest absolute Gasteiger partial charge is 0.264 e. The molecular weight excluding hydrogens is 410 g/mol. The summed E-state index contributed by atoms with van der Waals surface area (Å²) < 4.78 is 1.70. The largest absolute Gasteiger partial charge is 0.360 e. The molecule has 3 heterocycles. The molecule has 0 aliphatic rings. The van der Waals surface area contributed by atoms with E-state index in [9.17, 15) is 4.79 Å². The van der Waals surface area contributed by atoms with Crippen LogP contribution >= 0.6 is 11.6 Å². The van der Waals surface area contributed by atoms with Gasteiger partial charge >= 0.3 is 0 Å². The van der Waals surface area contributed by atoms with E-state index in [0.717, 1.165) is 22.3 Å². The van der Waals surface area contributed by atoms with Crippen LogP contribution in [0.15, 0.2) is 84.0 Å². The van der Waals surface area contributed by atoms with Crippen molar-refractivity contribution in [2.45, 2.75) is 13.0 Å². The number of benzene rings is 2. The van der Waals surface area contributed by atoms with Crippen LogP contribution in [0.25, 0.3) is 27.5 Å². The molecule has 0 saturated carbocycles. The summed E-state index contributed by atoms with van der Waals surface area (Å²) in [6.07, 6.45) is 3.21. The number of pyridine rings is 2. The molecule has 0 aliphatic heterocycles. The van der Waals surface area contributed by atoms with Crippen molar-refractivity contribution in [2.24, 2.45) is 0 Å². The minimum atomic E-state index is -0.253. The van der Waals surface area contributed by atoms with Crippen molar-refractivity contribution in [3.05, 3.63) is 100 Å². The fourth-order valence-electron chi connectivity index (χ4n) is 3.78. The topological polar surface area (TPSA) is 72.7 Å². The van der Waals surface area contributed by atoms with E-state index in [1.54, 1.807) is 16.8 Å². The molecule has 1 atom stereocenters. The minimum absolute atomic E-state index is 0.163. The molecule has 31 heavy (non-hydrogen) atoms. The Kier molecular flexibility index (Phi) is 4.84. The van der Waals surface area contributed by atoms with E-state index in [4.69, 9.17) is 11.6 Å². The van der Waals surface area contributed by atoms with Gasteiger partial charge in [-0.2, -0.15) is 0 Å². The van der Waals surface area contributed by atoms with Crippen LogP contribution in [0.2, 0.25) is 5.02 Å². The van der Waals surface area contributed by atoms with E-state index in [1.165, 1.54) is 6.33 Å². The van der Waals surface area contributed by atoms with Gasteiger partial charge in [-0.25, -0.2) is 9.97 Å². The number of aromatic nitrogens is 4. The van der Waals surface area contributed by atoms with Gasteiger partial charge in [0.15, 0.2) is 5.82 Å². The molecule has 2 aromatic carbocycles. The fraction of sp³-hybridized carbons (Fsp3) is 0.0833. The highest BCUT2D eigenvalue weighted by atomic mass is 35.5. The van der Waals surface area contributed by atoms with Gasteiger partial charge < -0.3 is 5.32 Å². The molecule has 0 aliphatic carbocycles. The van der Waals surface area contributed by atoms with Crippen LogP contribution in [0.3, 0.4) is 0 Å². The Balaban J connectivity index is 1.71. The number of anilines is 1. The molecule has 0 bridgehead atoms. The Hall–Kier alpha value is -3.77. The molecule has 0 saturated heterocycles. The lowest BCUT2D eigenvalue weighted by Crippen LogP contribution is -2.26. The van der Waals surface area contributed by atoms with Gasteiger partial charge in [0.2, 0.25) is 0 Å². The molecule has 3 aromatic heterocycles. The molecule has 5 aromatic rings. The molecule has 0 spiro atoms. The predicted molar refractivity (Wildman–Crippen MR) is 124 cm³/mol. The van der Waals surface area contributed by atoms with Gasteiger partial charge in [0.25, 0.3) is 5.56 Å². The summed E-state index contributed by atoms with van der Waals surface area (Å²) in [6, 6.07) is 20.5. The molecule has 5 rings (SSSR count). The SMILES string of the molecule is C[C@H](Nc1ncnc2cccnc12)c1cc2cccc(Cl)c2c(=O)n1-c1ccccc1. The van der Waals surface area contributed by atoms with Crippen molar-refractivity contribution in [3.63, 3.8) is 0 Å². The van der Waals surface area contributed by atoms with Crippen LogP contribution in [-0.4, -0.2) is 19.5 Å². The first-order valence-electron chi connectivity index (χ1n) is 9.85. The van der Waals surface area contributed by atoms with Crippen molar-refractivity contribution in [1.29, 1.82) is 0 Å². The summed E-state index contributed by atoms with van der Waals surface area (Å²) in [5, 5.41) is 5.14. The maximum atomic E-state index is 13.6. The Bertz CT molecular complexity index is 1460. The van der Waals surface area contributed by atoms with Crippen LogP contribution in [-0.2, 0) is 0 Å². The van der Waals surface area contributed by atoms with Crippen molar-refractivity contribution < 1.29 is 0 Å². The number of hydrogen-bond acceptors (Lipinski definition) is 5. The third-order valence-electron chi connectivity index (χ3n) is 5.23. The molecule has 152 valence electrons. The Morgan fingerprint density at radius 3 is 2.65 bits per heavy atom. The van der Waals surface area contributed by atoms with Crippen LogP contribution in [0.1, 0.15) is 18.7 Å². The van der Waals surface area contributed by atoms with Gasteiger partial charge in [0.1, 0.15) is 11.8 Å². The van der Waals surface area contributed by atoms with E-state index < -0.39 is 0 Å². The first-order chi connectivity index (χ1) is 15.1. The van der Waals surface area contributed by atoms with Crippen molar-refractivity contribution in [2.75, 3.05) is 5.32 Å². The average molecular weight is 428 g/mol. The van der Waals surface area contributed by atoms with Gasteiger partial charge in [0.05, 0.1) is 22.0 Å². The monoisotopic (exact) mass is 427 g/mol. The van der Waals surface area contributed by atoms with Gasteiger partial charge in [-0.05, 0) is 48.7 Å². The zero-order chi connectivity index (χ0) is 21.4. The van der Waals surface area contributed by atoms with E-state index in [1.807, 2.05) is 67.6 Å². The highest BCUT2D eigenvalue weighted by molar-refractivity contribution is 6.35. The van der Waals surface area contributed by atoms with Crippen LogP contribution in [0.5, 0.6) is 0 Å². The highest BCUT2D eigenvalue weighted by Crippen LogP contribution is 2.28. The lowest BCUT2D eigenvalue weighted by molar-refractivity contribution is 0.774. The number of nitrogens with one attached hydrogen (secondary N) is 1. The number of para-hydroxylation sites is 1. The zero-order valence-corrected chi connectivity index (χ0v) is 17.4. The molecule has 0 radical (unpaired) electrons. The molecular formula is C24H18ClN5O. The van der Waals surface area contributed by atoms with E-state index in [2.05, 4.69) is 20.3 Å². The average Bonchev–Trinajstić information content (AvgIpc) is 2.79. The molecule has 6 nitrogen and oxygen atoms in total. The van der Waals surface area contributed by atoms with Crippen molar-refractivity contribution in [3.8, 4) is 5.69 Å². The summed E-state index contributed by atoms with van der Waals surface area (Å²) in [6.45, 7) is 1.99. The first kappa shape index (κ1) is 19.2. The fourth-order valence-corrected chi connectivity index (χ4v) is 4.04. The lowest BCUT2D eigenvalue weighted by atomic mass is 10.1. The predicted octanol–water partition coefficient (Wildman–Crippen LogP) is 5.16. The Morgan fingerprint density at radius 1 is 0.968 bits per heavy atom. The van der Waals surface area contributed by atoms with Crippen LogP contribution < -0.4 is 10.9 Å². The molecule has 7 heteroatoms. The van der Waals surface area contributed by atoms with E-state index in [-0.39, 0.29) is 11.6 Å². The molecule has 0 fully saturated rings. The number of hydrogen-bond donors (Lipinski definition) is 1. The normalized spacial score (nSPS) is 12.2. The Morgan fingerprint density at radius 2 is 1.81 bits per heavy atom. The van der Waals surface area contributed by atoms with Crippen molar-refractivity contribution in [1.82, 2.24) is 19.5 Å². The zero-order valence-electron chi connectivity index (χ0n) is 16.7. The Labute approximate surface area is 183 Å². The lowest BCUT2D eigenvalue weighted by Gasteiger charge is -2.22. The van der Waals surface area contributed by atoms with Crippen LogP contribution in [0, 0.1) is 0 Å². The minimum Gasteiger partial charge on any atom is -0.360 e. The second-order valence-electron chi connectivity index (χ2n) is 7.21. The number of nitrogens with zero attached hydrogens (tertiary/aromatic N) is 4. The highest BCUT2D eigenvalue weighted by Gasteiger charge is 2.19. The third kappa shape index (κ3) is 3.41. The van der Waals surface area contributed by atoms with Gasteiger partial charge in [-0.15, -0.1) is 0 Å². The quantitative estimate of drug-likeness (QED) is 0.429.